The van der Waals surface area contributed by atoms with Gasteiger partial charge in [0, 0.05) is 12.5 Å². The molecule has 4 nitrogen and oxygen atoms in total. The van der Waals surface area contributed by atoms with Crippen molar-refractivity contribution in [2.45, 2.75) is 10.3 Å². The summed E-state index contributed by atoms with van der Waals surface area (Å²) in [4.78, 5) is 25.0. The Morgan fingerprint density at radius 3 is 2.40 bits per heavy atom. The molecule has 3 rings (SSSR count). The molecule has 2 amide bonds. The highest BCUT2D eigenvalue weighted by Crippen LogP contribution is 2.65. The first kappa shape index (κ1) is 23.4. The minimum absolute atomic E-state index is 0.0312. The molecule has 1 fully saturated rings. The fourth-order valence-corrected chi connectivity index (χ4v) is 4.70. The molecule has 0 aromatic heterocycles. The van der Waals surface area contributed by atoms with Crippen molar-refractivity contribution in [3.05, 3.63) is 62.3 Å². The average Bonchev–Trinajstić information content (AvgIpc) is 3.26. The fraction of sp³-hybridized carbons (Fsp3) is 0.263. The van der Waals surface area contributed by atoms with Crippen LogP contribution in [0.5, 0.6) is 0 Å². The molecule has 0 heterocycles. The molecule has 2 unspecified atom stereocenters. The Morgan fingerprint density at radius 2 is 1.77 bits per heavy atom. The molecular formula is C19H13Cl5F2N2O2. The quantitative estimate of drug-likeness (QED) is 0.462. The second-order valence-corrected chi connectivity index (χ2v) is 9.16. The van der Waals surface area contributed by atoms with E-state index in [1.54, 1.807) is 0 Å². The molecule has 1 aliphatic carbocycles. The SMILES string of the molecule is O=C(NCCF)c1c(Cl)ccc(NC(=O)C2C(c3ccc(F)c(Cl)c3)C2(Cl)Cl)c1Cl. The van der Waals surface area contributed by atoms with Gasteiger partial charge >= 0.3 is 0 Å². The highest BCUT2D eigenvalue weighted by molar-refractivity contribution is 6.53. The van der Waals surface area contributed by atoms with Gasteiger partial charge in [-0.05, 0) is 29.8 Å². The molecule has 0 aliphatic heterocycles. The first-order valence-corrected chi connectivity index (χ1v) is 10.4. The van der Waals surface area contributed by atoms with Crippen molar-refractivity contribution < 1.29 is 18.4 Å². The first-order chi connectivity index (χ1) is 14.1. The van der Waals surface area contributed by atoms with Gasteiger partial charge in [0.2, 0.25) is 5.91 Å². The van der Waals surface area contributed by atoms with Crippen LogP contribution in [0.25, 0.3) is 0 Å². The van der Waals surface area contributed by atoms with Crippen molar-refractivity contribution >= 4 is 75.5 Å². The van der Waals surface area contributed by atoms with Crippen LogP contribution in [0.2, 0.25) is 15.1 Å². The Labute approximate surface area is 195 Å². The van der Waals surface area contributed by atoms with Crippen molar-refractivity contribution in [1.29, 1.82) is 0 Å². The number of hydrogen-bond donors (Lipinski definition) is 2. The molecule has 2 atom stereocenters. The summed E-state index contributed by atoms with van der Waals surface area (Å²) in [6.07, 6.45) is 0. The number of rotatable bonds is 6. The topological polar surface area (TPSA) is 58.2 Å². The standard InChI is InChI=1S/C19H13Cl5F2N2O2/c20-9-2-4-12(16(22)13(9)17(29)27-6-5-25)28-18(30)15-14(19(15,23)24)8-1-3-11(26)10(21)7-8/h1-4,7,14-15H,5-6H2,(H,27,29)(H,28,30). The number of alkyl halides is 3. The number of carbonyl (C=O) groups excluding carboxylic acids is 2. The Hall–Kier alpha value is -1.31. The Balaban J connectivity index is 1.82. The third-order valence-corrected chi connectivity index (χ3v) is 6.53. The summed E-state index contributed by atoms with van der Waals surface area (Å²) in [5.74, 6) is -3.36. The summed E-state index contributed by atoms with van der Waals surface area (Å²) < 4.78 is 24.3. The van der Waals surface area contributed by atoms with Crippen LogP contribution in [0, 0.1) is 11.7 Å². The number of benzene rings is 2. The Morgan fingerprint density at radius 1 is 1.07 bits per heavy atom. The lowest BCUT2D eigenvalue weighted by molar-refractivity contribution is -0.117. The summed E-state index contributed by atoms with van der Waals surface area (Å²) in [6.45, 7) is -0.978. The van der Waals surface area contributed by atoms with Gasteiger partial charge in [-0.3, -0.25) is 9.59 Å². The maximum absolute atomic E-state index is 13.4. The van der Waals surface area contributed by atoms with Gasteiger partial charge < -0.3 is 10.6 Å². The van der Waals surface area contributed by atoms with Crippen LogP contribution in [0.4, 0.5) is 14.5 Å². The maximum atomic E-state index is 13.4. The number of anilines is 1. The van der Waals surface area contributed by atoms with E-state index in [0.717, 1.165) is 6.07 Å². The number of amides is 2. The molecule has 0 bridgehead atoms. The van der Waals surface area contributed by atoms with Crippen LogP contribution >= 0.6 is 58.0 Å². The summed E-state index contributed by atoms with van der Waals surface area (Å²) >= 11 is 30.6. The highest BCUT2D eigenvalue weighted by Gasteiger charge is 2.67. The third kappa shape index (κ3) is 4.48. The van der Waals surface area contributed by atoms with Crippen LogP contribution in [-0.2, 0) is 4.79 Å². The Bertz CT molecular complexity index is 1020. The molecule has 0 saturated heterocycles. The summed E-state index contributed by atoms with van der Waals surface area (Å²) in [5, 5.41) is 4.68. The first-order valence-electron chi connectivity index (χ1n) is 8.55. The zero-order chi connectivity index (χ0) is 22.2. The van der Waals surface area contributed by atoms with Crippen LogP contribution in [-0.4, -0.2) is 29.4 Å². The van der Waals surface area contributed by atoms with E-state index >= 15 is 0 Å². The van der Waals surface area contributed by atoms with Crippen LogP contribution < -0.4 is 10.6 Å². The molecule has 1 saturated carbocycles. The highest BCUT2D eigenvalue weighted by atomic mass is 35.5. The van der Waals surface area contributed by atoms with Gasteiger partial charge in [0.1, 0.15) is 16.8 Å². The van der Waals surface area contributed by atoms with Crippen molar-refractivity contribution in [2.24, 2.45) is 5.92 Å². The van der Waals surface area contributed by atoms with E-state index in [9.17, 15) is 18.4 Å². The van der Waals surface area contributed by atoms with E-state index in [1.807, 2.05) is 0 Å². The predicted octanol–water partition coefficient (Wildman–Crippen LogP) is 6.01. The van der Waals surface area contributed by atoms with Crippen LogP contribution in [0.3, 0.4) is 0 Å². The minimum atomic E-state index is -1.44. The van der Waals surface area contributed by atoms with E-state index in [1.165, 1.54) is 24.3 Å². The molecule has 1 aliphatic rings. The van der Waals surface area contributed by atoms with Gasteiger partial charge in [-0.2, -0.15) is 0 Å². The zero-order valence-corrected chi connectivity index (χ0v) is 18.7. The van der Waals surface area contributed by atoms with Gasteiger partial charge in [0.15, 0.2) is 0 Å². The molecule has 0 spiro atoms. The van der Waals surface area contributed by atoms with Gasteiger partial charge in [0.25, 0.3) is 5.91 Å². The molecular weight excluding hydrogens is 503 g/mol. The van der Waals surface area contributed by atoms with Crippen LogP contribution in [0.1, 0.15) is 21.8 Å². The molecule has 30 heavy (non-hydrogen) atoms. The molecule has 0 radical (unpaired) electrons. The summed E-state index contributed by atoms with van der Waals surface area (Å²) in [5.41, 5.74) is 0.494. The van der Waals surface area contributed by atoms with E-state index in [-0.39, 0.29) is 32.9 Å². The smallest absolute Gasteiger partial charge is 0.254 e. The molecule has 2 aromatic carbocycles. The lowest BCUT2D eigenvalue weighted by Gasteiger charge is -2.13. The van der Waals surface area contributed by atoms with E-state index in [0.29, 0.717) is 5.56 Å². The zero-order valence-electron chi connectivity index (χ0n) is 14.9. The van der Waals surface area contributed by atoms with E-state index in [2.05, 4.69) is 10.6 Å². The Kier molecular flexibility index (Phi) is 7.04. The molecule has 11 heteroatoms. The van der Waals surface area contributed by atoms with Crippen LogP contribution in [0.15, 0.2) is 30.3 Å². The monoisotopic (exact) mass is 514 g/mol. The molecule has 2 N–H and O–H groups in total. The van der Waals surface area contributed by atoms with E-state index in [4.69, 9.17) is 58.0 Å². The van der Waals surface area contributed by atoms with Crippen molar-refractivity contribution in [3.63, 3.8) is 0 Å². The minimum Gasteiger partial charge on any atom is -0.349 e. The van der Waals surface area contributed by atoms with Gasteiger partial charge in [-0.25, -0.2) is 8.78 Å². The number of halogens is 7. The largest absolute Gasteiger partial charge is 0.349 e. The molecule has 2 aromatic rings. The number of nitrogens with one attached hydrogen (secondary N) is 2. The lowest BCUT2D eigenvalue weighted by atomic mass is 10.1. The summed E-state index contributed by atoms with van der Waals surface area (Å²) in [7, 11) is 0. The van der Waals surface area contributed by atoms with Gasteiger partial charge in [0.05, 0.1) is 32.2 Å². The van der Waals surface area contributed by atoms with E-state index < -0.39 is 40.5 Å². The lowest BCUT2D eigenvalue weighted by Crippen LogP contribution is -2.26. The number of hydrogen-bond acceptors (Lipinski definition) is 2. The maximum Gasteiger partial charge on any atom is 0.254 e. The summed E-state index contributed by atoms with van der Waals surface area (Å²) in [6, 6.07) is 6.74. The number of carbonyl (C=O) groups is 2. The molecule has 160 valence electrons. The van der Waals surface area contributed by atoms with Gasteiger partial charge in [-0.1, -0.05) is 40.9 Å². The van der Waals surface area contributed by atoms with Gasteiger partial charge in [-0.15, -0.1) is 23.2 Å². The van der Waals surface area contributed by atoms with Crippen molar-refractivity contribution in [3.8, 4) is 0 Å². The third-order valence-electron chi connectivity index (χ3n) is 4.59. The normalized spacial score (nSPS) is 19.3. The average molecular weight is 517 g/mol. The van der Waals surface area contributed by atoms with Crippen molar-refractivity contribution in [2.75, 3.05) is 18.5 Å². The van der Waals surface area contributed by atoms with Crippen molar-refractivity contribution in [1.82, 2.24) is 5.32 Å². The predicted molar refractivity (Wildman–Crippen MR) is 115 cm³/mol. The second-order valence-electron chi connectivity index (χ2n) is 6.52. The fourth-order valence-electron chi connectivity index (χ4n) is 3.09. The second kappa shape index (κ2) is 9.05.